The minimum absolute atomic E-state index is 0.0650. The molecule has 1 aromatic carbocycles. The molecule has 6 heteroatoms. The molecule has 1 rings (SSSR count). The molecule has 0 heterocycles. The van der Waals surface area contributed by atoms with Gasteiger partial charge in [0.2, 0.25) is 0 Å². The fourth-order valence-corrected chi connectivity index (χ4v) is 1.27. The molecule has 0 aliphatic heterocycles. The zero-order valence-corrected chi connectivity index (χ0v) is 8.99. The van der Waals surface area contributed by atoms with E-state index in [0.29, 0.717) is 0 Å². The number of carbonyl (C=O) groups is 1. The molecule has 0 fully saturated rings. The van der Waals surface area contributed by atoms with E-state index in [2.05, 4.69) is 5.32 Å². The minimum atomic E-state index is -1.02. The summed E-state index contributed by atoms with van der Waals surface area (Å²) in [6.45, 7) is 0.286. The lowest BCUT2D eigenvalue weighted by Gasteiger charge is -2.11. The van der Waals surface area contributed by atoms with Crippen molar-refractivity contribution in [2.75, 3.05) is 13.1 Å². The largest absolute Gasteiger partial charge is 0.481 e. The van der Waals surface area contributed by atoms with Gasteiger partial charge in [-0.15, -0.1) is 0 Å². The van der Waals surface area contributed by atoms with E-state index in [1.165, 1.54) is 6.07 Å². The Labute approximate surface area is 96.9 Å². The number of benzene rings is 1. The number of halogens is 2. The quantitative estimate of drug-likeness (QED) is 0.655. The van der Waals surface area contributed by atoms with Gasteiger partial charge in [-0.1, -0.05) is 6.07 Å². The highest BCUT2D eigenvalue weighted by Gasteiger charge is 2.10. The summed E-state index contributed by atoms with van der Waals surface area (Å²) >= 11 is 0. The standard InChI is InChI=1S/C11H13F2NO3/c12-8-2-1-7(5-9(8)13)10(15)6-14-4-3-11(16)17/h1-2,5,10,14-15H,3-4,6H2,(H,16,17). The number of hydrogen-bond acceptors (Lipinski definition) is 3. The number of hydrogen-bond donors (Lipinski definition) is 3. The molecule has 0 saturated carbocycles. The zero-order valence-electron chi connectivity index (χ0n) is 8.99. The molecular formula is C11H13F2NO3. The summed E-state index contributed by atoms with van der Waals surface area (Å²) in [5.74, 6) is -2.94. The molecule has 4 nitrogen and oxygen atoms in total. The third kappa shape index (κ3) is 4.46. The minimum Gasteiger partial charge on any atom is -0.481 e. The van der Waals surface area contributed by atoms with Crippen molar-refractivity contribution in [1.82, 2.24) is 5.32 Å². The first kappa shape index (κ1) is 13.5. The number of carboxylic acids is 1. The average Bonchev–Trinajstić information content (AvgIpc) is 2.27. The van der Waals surface area contributed by atoms with Crippen molar-refractivity contribution < 1.29 is 23.8 Å². The molecule has 0 saturated heterocycles. The van der Waals surface area contributed by atoms with Gasteiger partial charge in [0, 0.05) is 13.1 Å². The second-order valence-corrected chi connectivity index (χ2v) is 3.54. The van der Waals surface area contributed by atoms with Crippen LogP contribution < -0.4 is 5.32 Å². The number of rotatable bonds is 6. The highest BCUT2D eigenvalue weighted by molar-refractivity contribution is 5.66. The number of aliphatic carboxylic acids is 1. The molecule has 1 unspecified atom stereocenters. The number of aliphatic hydroxyl groups is 1. The Bertz CT molecular complexity index is 398. The van der Waals surface area contributed by atoms with Crippen LogP contribution in [0.2, 0.25) is 0 Å². The molecule has 0 aliphatic rings. The van der Waals surface area contributed by atoms with E-state index < -0.39 is 23.7 Å². The molecule has 0 spiro atoms. The van der Waals surface area contributed by atoms with Crippen LogP contribution in [0, 0.1) is 11.6 Å². The summed E-state index contributed by atoms with van der Waals surface area (Å²) in [6, 6.07) is 3.13. The zero-order chi connectivity index (χ0) is 12.8. The molecule has 0 amide bonds. The number of carboxylic acid groups (broad SMARTS) is 1. The molecular weight excluding hydrogens is 232 g/mol. The SMILES string of the molecule is O=C(O)CCNCC(O)c1ccc(F)c(F)c1. The molecule has 94 valence electrons. The molecule has 3 N–H and O–H groups in total. The van der Waals surface area contributed by atoms with Gasteiger partial charge in [0.25, 0.3) is 0 Å². The first-order valence-electron chi connectivity index (χ1n) is 5.06. The van der Waals surface area contributed by atoms with Gasteiger partial charge in [0.05, 0.1) is 12.5 Å². The monoisotopic (exact) mass is 245 g/mol. The van der Waals surface area contributed by atoms with Gasteiger partial charge < -0.3 is 15.5 Å². The van der Waals surface area contributed by atoms with Crippen LogP contribution in [0.5, 0.6) is 0 Å². The topological polar surface area (TPSA) is 69.6 Å². The van der Waals surface area contributed by atoms with E-state index in [-0.39, 0.29) is 25.1 Å². The van der Waals surface area contributed by atoms with E-state index >= 15 is 0 Å². The van der Waals surface area contributed by atoms with Gasteiger partial charge in [-0.05, 0) is 17.7 Å². The normalized spacial score (nSPS) is 12.4. The summed E-state index contributed by atoms with van der Waals surface area (Å²) in [7, 11) is 0. The van der Waals surface area contributed by atoms with Crippen LogP contribution >= 0.6 is 0 Å². The first-order chi connectivity index (χ1) is 8.00. The molecule has 0 bridgehead atoms. The number of aliphatic hydroxyl groups excluding tert-OH is 1. The summed E-state index contributed by atoms with van der Waals surface area (Å²) in [5, 5.41) is 20.7. The van der Waals surface area contributed by atoms with Crippen molar-refractivity contribution in [2.45, 2.75) is 12.5 Å². The van der Waals surface area contributed by atoms with E-state index in [9.17, 15) is 18.7 Å². The number of nitrogens with one attached hydrogen (secondary N) is 1. The van der Waals surface area contributed by atoms with Gasteiger partial charge in [0.1, 0.15) is 0 Å². The van der Waals surface area contributed by atoms with Gasteiger partial charge in [-0.3, -0.25) is 4.79 Å². The highest BCUT2D eigenvalue weighted by atomic mass is 19.2. The van der Waals surface area contributed by atoms with E-state index in [0.717, 1.165) is 12.1 Å². The van der Waals surface area contributed by atoms with Crippen molar-refractivity contribution in [3.05, 3.63) is 35.4 Å². The molecule has 0 aromatic heterocycles. The first-order valence-corrected chi connectivity index (χ1v) is 5.06. The van der Waals surface area contributed by atoms with Gasteiger partial charge in [-0.2, -0.15) is 0 Å². The van der Waals surface area contributed by atoms with Crippen LogP contribution in [0.1, 0.15) is 18.1 Å². The molecule has 17 heavy (non-hydrogen) atoms. The highest BCUT2D eigenvalue weighted by Crippen LogP contribution is 2.15. The fraction of sp³-hybridized carbons (Fsp3) is 0.364. The van der Waals surface area contributed by atoms with Crippen LogP contribution in [-0.4, -0.2) is 29.3 Å². The van der Waals surface area contributed by atoms with Crippen molar-refractivity contribution in [3.8, 4) is 0 Å². The van der Waals surface area contributed by atoms with Crippen LogP contribution in [0.25, 0.3) is 0 Å². The Morgan fingerprint density at radius 3 is 2.65 bits per heavy atom. The Hall–Kier alpha value is -1.53. The van der Waals surface area contributed by atoms with Gasteiger partial charge in [0.15, 0.2) is 11.6 Å². The Kier molecular flexibility index (Phi) is 4.99. The van der Waals surface area contributed by atoms with Crippen LogP contribution in [0.15, 0.2) is 18.2 Å². The second-order valence-electron chi connectivity index (χ2n) is 3.54. The summed E-state index contributed by atoms with van der Waals surface area (Å²) < 4.78 is 25.5. The predicted octanol–water partition coefficient (Wildman–Crippen LogP) is 1.06. The van der Waals surface area contributed by atoms with E-state index in [4.69, 9.17) is 5.11 Å². The van der Waals surface area contributed by atoms with Crippen molar-refractivity contribution in [2.24, 2.45) is 0 Å². The maximum Gasteiger partial charge on any atom is 0.304 e. The summed E-state index contributed by atoms with van der Waals surface area (Å²) in [6.07, 6.45) is -1.07. The molecule has 1 aromatic rings. The molecule has 1 atom stereocenters. The Balaban J connectivity index is 2.44. The van der Waals surface area contributed by atoms with Crippen molar-refractivity contribution in [3.63, 3.8) is 0 Å². The molecule has 0 radical (unpaired) electrons. The van der Waals surface area contributed by atoms with Crippen LogP contribution in [0.3, 0.4) is 0 Å². The van der Waals surface area contributed by atoms with Crippen LogP contribution in [0.4, 0.5) is 8.78 Å². The smallest absolute Gasteiger partial charge is 0.304 e. The van der Waals surface area contributed by atoms with E-state index in [1.54, 1.807) is 0 Å². The lowest BCUT2D eigenvalue weighted by molar-refractivity contribution is -0.136. The fourth-order valence-electron chi connectivity index (χ4n) is 1.27. The lowest BCUT2D eigenvalue weighted by atomic mass is 10.1. The predicted molar refractivity (Wildman–Crippen MR) is 56.4 cm³/mol. The third-order valence-corrected chi connectivity index (χ3v) is 2.18. The van der Waals surface area contributed by atoms with Gasteiger partial charge in [-0.25, -0.2) is 8.78 Å². The average molecular weight is 245 g/mol. The maximum absolute atomic E-state index is 12.8. The van der Waals surface area contributed by atoms with Gasteiger partial charge >= 0.3 is 5.97 Å². The molecule has 0 aliphatic carbocycles. The second kappa shape index (κ2) is 6.27. The summed E-state index contributed by atoms with van der Waals surface area (Å²) in [5.41, 5.74) is 0.242. The van der Waals surface area contributed by atoms with Crippen LogP contribution in [-0.2, 0) is 4.79 Å². The summed E-state index contributed by atoms with van der Waals surface area (Å²) in [4.78, 5) is 10.2. The Morgan fingerprint density at radius 2 is 2.06 bits per heavy atom. The maximum atomic E-state index is 12.8. The van der Waals surface area contributed by atoms with Crippen molar-refractivity contribution >= 4 is 5.97 Å². The van der Waals surface area contributed by atoms with Crippen molar-refractivity contribution in [1.29, 1.82) is 0 Å². The lowest BCUT2D eigenvalue weighted by Crippen LogP contribution is -2.24. The Morgan fingerprint density at radius 1 is 1.35 bits per heavy atom. The van der Waals surface area contributed by atoms with E-state index in [1.807, 2.05) is 0 Å². The third-order valence-electron chi connectivity index (χ3n) is 2.18.